The molecule has 32 heavy (non-hydrogen) atoms. The second-order valence-electron chi connectivity index (χ2n) is 8.21. The topological polar surface area (TPSA) is 54.4 Å². The fourth-order valence-electron chi connectivity index (χ4n) is 3.58. The Morgan fingerprint density at radius 3 is 2.56 bits per heavy atom. The number of aryl methyl sites for hydroxylation is 2. The molecular weight excluding hydrogens is 414 g/mol. The van der Waals surface area contributed by atoms with E-state index in [4.69, 9.17) is 4.98 Å². The first-order chi connectivity index (χ1) is 15.4. The molecule has 162 valence electrons. The van der Waals surface area contributed by atoms with Crippen LogP contribution in [0, 0.1) is 6.92 Å². The highest BCUT2D eigenvalue weighted by Crippen LogP contribution is 2.27. The molecule has 0 aliphatic rings. The van der Waals surface area contributed by atoms with Gasteiger partial charge >= 0.3 is 0 Å². The summed E-state index contributed by atoms with van der Waals surface area (Å²) in [7, 11) is 0. The van der Waals surface area contributed by atoms with E-state index in [2.05, 4.69) is 61.6 Å². The maximum Gasteiger partial charge on any atom is 0.272 e. The first-order valence-corrected chi connectivity index (χ1v) is 11.7. The van der Waals surface area contributed by atoms with E-state index in [0.717, 1.165) is 39.0 Å². The number of hydrogen-bond acceptors (Lipinski definition) is 4. The number of carbonyl (C=O) groups is 1. The van der Waals surface area contributed by atoms with Crippen molar-refractivity contribution in [1.82, 2.24) is 10.4 Å². The second-order valence-corrected chi connectivity index (χ2v) is 9.41. The smallest absolute Gasteiger partial charge is 0.267 e. The van der Waals surface area contributed by atoms with Crippen LogP contribution in [0.5, 0.6) is 0 Å². The van der Waals surface area contributed by atoms with Gasteiger partial charge in [-0.2, -0.15) is 5.10 Å². The van der Waals surface area contributed by atoms with Gasteiger partial charge in [-0.15, -0.1) is 11.3 Å². The van der Waals surface area contributed by atoms with Crippen molar-refractivity contribution in [1.29, 1.82) is 0 Å². The molecule has 0 spiro atoms. The number of carbonyl (C=O) groups excluding carboxylic acids is 1. The molecule has 2 aromatic heterocycles. The second kappa shape index (κ2) is 9.45. The van der Waals surface area contributed by atoms with Crippen molar-refractivity contribution in [2.24, 2.45) is 5.10 Å². The number of hydrogen-bond donors (Lipinski definition) is 1. The lowest BCUT2D eigenvalue weighted by Gasteiger charge is -2.11. The number of amides is 1. The fraction of sp³-hybridized carbons (Fsp3) is 0.222. The summed E-state index contributed by atoms with van der Waals surface area (Å²) in [6, 6.07) is 20.3. The van der Waals surface area contributed by atoms with E-state index in [1.54, 1.807) is 17.6 Å². The Morgan fingerprint density at radius 1 is 1.09 bits per heavy atom. The summed E-state index contributed by atoms with van der Waals surface area (Å²) >= 11 is 1.68. The lowest BCUT2D eigenvalue weighted by atomic mass is 9.99. The zero-order chi connectivity index (χ0) is 22.7. The largest absolute Gasteiger partial charge is 0.272 e. The van der Waals surface area contributed by atoms with Crippen LogP contribution in [0.2, 0.25) is 0 Å². The minimum Gasteiger partial charge on any atom is -0.267 e. The SMILES string of the molecule is CCc1ccc(C=NNC(=O)c2cc(-c3ccc(C(C)C)cc3)nc3ccc(C)cc23)s1. The quantitative estimate of drug-likeness (QED) is 0.267. The molecule has 0 saturated carbocycles. The first-order valence-electron chi connectivity index (χ1n) is 10.9. The average Bonchev–Trinajstić information content (AvgIpc) is 3.26. The van der Waals surface area contributed by atoms with Crippen LogP contribution < -0.4 is 5.43 Å². The van der Waals surface area contributed by atoms with Gasteiger partial charge in [-0.05, 0) is 55.2 Å². The lowest BCUT2D eigenvalue weighted by molar-refractivity contribution is 0.0956. The molecule has 2 heterocycles. The minimum absolute atomic E-state index is 0.244. The van der Waals surface area contributed by atoms with Crippen molar-refractivity contribution >= 4 is 34.4 Å². The highest BCUT2D eigenvalue weighted by atomic mass is 32.1. The zero-order valence-electron chi connectivity index (χ0n) is 18.8. The molecule has 4 nitrogen and oxygen atoms in total. The molecule has 0 bridgehead atoms. The maximum atomic E-state index is 13.1. The van der Waals surface area contributed by atoms with Crippen LogP contribution in [0.15, 0.2) is 65.8 Å². The number of fused-ring (bicyclic) bond motifs is 1. The highest BCUT2D eigenvalue weighted by Gasteiger charge is 2.14. The summed E-state index contributed by atoms with van der Waals surface area (Å²) in [5.74, 6) is 0.221. The van der Waals surface area contributed by atoms with Gasteiger partial charge in [-0.3, -0.25) is 4.79 Å². The van der Waals surface area contributed by atoms with Crippen LogP contribution in [0.25, 0.3) is 22.2 Å². The van der Waals surface area contributed by atoms with Gasteiger partial charge in [0.25, 0.3) is 5.91 Å². The Balaban J connectivity index is 1.68. The first kappa shape index (κ1) is 21.9. The monoisotopic (exact) mass is 441 g/mol. The Labute approximate surface area is 193 Å². The van der Waals surface area contributed by atoms with Crippen molar-refractivity contribution in [3.05, 3.63) is 87.1 Å². The van der Waals surface area contributed by atoms with E-state index in [9.17, 15) is 4.79 Å². The fourth-order valence-corrected chi connectivity index (χ4v) is 4.41. The Morgan fingerprint density at radius 2 is 1.88 bits per heavy atom. The molecule has 0 unspecified atom stereocenters. The Hall–Kier alpha value is -3.31. The molecule has 0 aliphatic heterocycles. The number of pyridine rings is 1. The van der Waals surface area contributed by atoms with E-state index in [1.165, 1.54) is 10.4 Å². The Bertz CT molecular complexity index is 1290. The normalized spacial score (nSPS) is 11.5. The van der Waals surface area contributed by atoms with Crippen molar-refractivity contribution < 1.29 is 4.79 Å². The molecule has 0 fully saturated rings. The molecule has 0 radical (unpaired) electrons. The van der Waals surface area contributed by atoms with Gasteiger partial charge < -0.3 is 0 Å². The van der Waals surface area contributed by atoms with Crippen molar-refractivity contribution in [2.45, 2.75) is 40.0 Å². The number of nitrogens with one attached hydrogen (secondary N) is 1. The van der Waals surface area contributed by atoms with Gasteiger partial charge in [0.1, 0.15) is 0 Å². The Kier molecular flexibility index (Phi) is 6.47. The van der Waals surface area contributed by atoms with Crippen LogP contribution >= 0.6 is 11.3 Å². The zero-order valence-corrected chi connectivity index (χ0v) is 19.7. The van der Waals surface area contributed by atoms with Crippen LogP contribution in [0.4, 0.5) is 0 Å². The molecule has 0 saturated heterocycles. The summed E-state index contributed by atoms with van der Waals surface area (Å²) in [5.41, 5.74) is 8.18. The van der Waals surface area contributed by atoms with Crippen molar-refractivity contribution in [3.8, 4) is 11.3 Å². The minimum atomic E-state index is -0.244. The van der Waals surface area contributed by atoms with Gasteiger partial charge in [0, 0.05) is 20.7 Å². The number of rotatable bonds is 6. The molecule has 1 N–H and O–H groups in total. The third-order valence-corrected chi connectivity index (χ3v) is 6.63. The van der Waals surface area contributed by atoms with E-state index in [1.807, 2.05) is 37.3 Å². The molecule has 0 atom stereocenters. The summed E-state index contributed by atoms with van der Waals surface area (Å²) in [6.07, 6.45) is 2.69. The molecule has 4 aromatic rings. The predicted octanol–water partition coefficient (Wildman–Crippen LogP) is 6.72. The van der Waals surface area contributed by atoms with Gasteiger partial charge in [-0.25, -0.2) is 10.4 Å². The van der Waals surface area contributed by atoms with Crippen LogP contribution in [0.1, 0.15) is 57.9 Å². The number of thiophene rings is 1. The lowest BCUT2D eigenvalue weighted by Crippen LogP contribution is -2.18. The average molecular weight is 442 g/mol. The number of nitrogens with zero attached hydrogens (tertiary/aromatic N) is 2. The van der Waals surface area contributed by atoms with Gasteiger partial charge in [0.2, 0.25) is 0 Å². The number of benzene rings is 2. The van der Waals surface area contributed by atoms with E-state index < -0.39 is 0 Å². The standard InChI is InChI=1S/C27H27N3OS/c1-5-21-11-12-22(32-21)16-28-30-27(31)24-15-26(20-9-7-19(8-10-20)17(2)3)29-25-13-6-18(4)14-23(24)25/h6-17H,5H2,1-4H3,(H,30,31). The van der Waals surface area contributed by atoms with E-state index in [-0.39, 0.29) is 5.91 Å². The third kappa shape index (κ3) is 4.78. The van der Waals surface area contributed by atoms with E-state index >= 15 is 0 Å². The number of hydrazone groups is 1. The van der Waals surface area contributed by atoms with Crippen molar-refractivity contribution in [2.75, 3.05) is 0 Å². The summed E-state index contributed by atoms with van der Waals surface area (Å²) in [6.45, 7) is 8.49. The third-order valence-electron chi connectivity index (χ3n) is 5.47. The van der Waals surface area contributed by atoms with E-state index in [0.29, 0.717) is 11.5 Å². The molecule has 2 aromatic carbocycles. The molecule has 1 amide bonds. The molecule has 4 rings (SSSR count). The van der Waals surface area contributed by atoms with Crippen LogP contribution in [0.3, 0.4) is 0 Å². The predicted molar refractivity (Wildman–Crippen MR) is 135 cm³/mol. The van der Waals surface area contributed by atoms with Crippen LogP contribution in [-0.2, 0) is 6.42 Å². The van der Waals surface area contributed by atoms with Crippen LogP contribution in [-0.4, -0.2) is 17.1 Å². The van der Waals surface area contributed by atoms with Crippen molar-refractivity contribution in [3.63, 3.8) is 0 Å². The molecular formula is C27H27N3OS. The number of aromatic nitrogens is 1. The molecule has 5 heteroatoms. The molecule has 0 aliphatic carbocycles. The highest BCUT2D eigenvalue weighted by molar-refractivity contribution is 7.13. The van der Waals surface area contributed by atoms with Gasteiger partial charge in [-0.1, -0.05) is 56.7 Å². The van der Waals surface area contributed by atoms with Gasteiger partial charge in [0.15, 0.2) is 0 Å². The summed E-state index contributed by atoms with van der Waals surface area (Å²) < 4.78 is 0. The van der Waals surface area contributed by atoms with Gasteiger partial charge in [0.05, 0.1) is 23.0 Å². The maximum absolute atomic E-state index is 13.1. The summed E-state index contributed by atoms with van der Waals surface area (Å²) in [4.78, 5) is 20.2. The summed E-state index contributed by atoms with van der Waals surface area (Å²) in [5, 5.41) is 5.02.